The maximum absolute atomic E-state index is 10.7. The number of hydrogen-bond acceptors (Lipinski definition) is 2. The summed E-state index contributed by atoms with van der Waals surface area (Å²) >= 11 is 0. The molecule has 1 heterocycles. The van der Waals surface area contributed by atoms with Crippen molar-refractivity contribution in [3.8, 4) is 0 Å². The molecule has 0 amide bonds. The molecule has 0 radical (unpaired) electrons. The predicted molar refractivity (Wildman–Crippen MR) is 59.1 cm³/mol. The summed E-state index contributed by atoms with van der Waals surface area (Å²) in [6, 6.07) is 9.38. The van der Waals surface area contributed by atoms with E-state index in [9.17, 15) is 4.79 Å². The molecule has 0 aliphatic carbocycles. The fourth-order valence-electron chi connectivity index (χ4n) is 1.62. The first kappa shape index (κ1) is 10.4. The molecule has 0 atom stereocenters. The van der Waals surface area contributed by atoms with Crippen molar-refractivity contribution in [2.24, 2.45) is 0 Å². The van der Waals surface area contributed by atoms with E-state index in [2.05, 4.69) is 5.10 Å². The summed E-state index contributed by atoms with van der Waals surface area (Å²) in [5, 5.41) is 12.9. The standard InChI is InChI=1S/C12H12N2O2/c15-12(16)8-10-4-1-2-5-11(10)9-14-7-3-6-13-14/h1-7H,8-9H2,(H,15,16). The zero-order valence-electron chi connectivity index (χ0n) is 8.71. The molecule has 2 aromatic rings. The van der Waals surface area contributed by atoms with E-state index in [0.717, 1.165) is 11.1 Å². The van der Waals surface area contributed by atoms with Crippen molar-refractivity contribution in [3.05, 3.63) is 53.9 Å². The van der Waals surface area contributed by atoms with Crippen LogP contribution in [0.3, 0.4) is 0 Å². The minimum absolute atomic E-state index is 0.0530. The topological polar surface area (TPSA) is 55.1 Å². The molecule has 16 heavy (non-hydrogen) atoms. The largest absolute Gasteiger partial charge is 0.481 e. The number of aromatic nitrogens is 2. The van der Waals surface area contributed by atoms with Gasteiger partial charge in [0.05, 0.1) is 13.0 Å². The molecule has 0 saturated heterocycles. The number of carbonyl (C=O) groups is 1. The Hall–Kier alpha value is -2.10. The van der Waals surface area contributed by atoms with E-state index in [-0.39, 0.29) is 6.42 Å². The summed E-state index contributed by atoms with van der Waals surface area (Å²) in [5.74, 6) is -0.812. The van der Waals surface area contributed by atoms with Gasteiger partial charge >= 0.3 is 5.97 Å². The summed E-state index contributed by atoms with van der Waals surface area (Å²) < 4.78 is 1.78. The van der Waals surface area contributed by atoms with Crippen LogP contribution in [0.4, 0.5) is 0 Å². The van der Waals surface area contributed by atoms with Crippen LogP contribution in [-0.2, 0) is 17.8 Å². The van der Waals surface area contributed by atoms with Gasteiger partial charge in [-0.05, 0) is 17.2 Å². The lowest BCUT2D eigenvalue weighted by Crippen LogP contribution is -2.07. The molecule has 0 fully saturated rings. The van der Waals surface area contributed by atoms with Crippen molar-refractivity contribution >= 4 is 5.97 Å². The Morgan fingerprint density at radius 1 is 1.25 bits per heavy atom. The van der Waals surface area contributed by atoms with Gasteiger partial charge in [0.15, 0.2) is 0 Å². The lowest BCUT2D eigenvalue weighted by molar-refractivity contribution is -0.136. The molecule has 1 N–H and O–H groups in total. The van der Waals surface area contributed by atoms with Crippen molar-refractivity contribution in [3.63, 3.8) is 0 Å². The van der Waals surface area contributed by atoms with Crippen LogP contribution in [0, 0.1) is 0 Å². The summed E-state index contributed by atoms with van der Waals surface area (Å²) in [6.45, 7) is 0.608. The van der Waals surface area contributed by atoms with Crippen molar-refractivity contribution in [1.29, 1.82) is 0 Å². The highest BCUT2D eigenvalue weighted by atomic mass is 16.4. The normalized spacial score (nSPS) is 10.2. The van der Waals surface area contributed by atoms with Crippen LogP contribution in [0.1, 0.15) is 11.1 Å². The Morgan fingerprint density at radius 2 is 2.00 bits per heavy atom. The average molecular weight is 216 g/mol. The minimum Gasteiger partial charge on any atom is -0.481 e. The van der Waals surface area contributed by atoms with Gasteiger partial charge in [0, 0.05) is 12.4 Å². The van der Waals surface area contributed by atoms with Gasteiger partial charge in [0.25, 0.3) is 0 Å². The van der Waals surface area contributed by atoms with Gasteiger partial charge < -0.3 is 5.11 Å². The van der Waals surface area contributed by atoms with Crippen LogP contribution in [0.2, 0.25) is 0 Å². The van der Waals surface area contributed by atoms with Crippen LogP contribution in [0.5, 0.6) is 0 Å². The number of benzene rings is 1. The molecule has 1 aromatic heterocycles. The lowest BCUT2D eigenvalue weighted by Gasteiger charge is -2.07. The predicted octanol–water partition coefficient (Wildman–Crippen LogP) is 1.56. The minimum atomic E-state index is -0.812. The van der Waals surface area contributed by atoms with Gasteiger partial charge in [0.1, 0.15) is 0 Å². The maximum Gasteiger partial charge on any atom is 0.307 e. The quantitative estimate of drug-likeness (QED) is 0.843. The maximum atomic E-state index is 10.7. The second-order valence-corrected chi connectivity index (χ2v) is 3.54. The number of carboxylic acids is 1. The zero-order valence-corrected chi connectivity index (χ0v) is 8.71. The van der Waals surface area contributed by atoms with Gasteiger partial charge in [-0.2, -0.15) is 5.10 Å². The van der Waals surface area contributed by atoms with Crippen LogP contribution in [-0.4, -0.2) is 20.9 Å². The number of nitrogens with zero attached hydrogens (tertiary/aromatic N) is 2. The van der Waals surface area contributed by atoms with Crippen LogP contribution < -0.4 is 0 Å². The first-order chi connectivity index (χ1) is 7.75. The molecule has 0 unspecified atom stereocenters. The van der Waals surface area contributed by atoms with Gasteiger partial charge in [0.2, 0.25) is 0 Å². The highest BCUT2D eigenvalue weighted by Crippen LogP contribution is 2.11. The third-order valence-electron chi connectivity index (χ3n) is 2.35. The molecule has 4 heteroatoms. The number of hydrogen-bond donors (Lipinski definition) is 1. The van der Waals surface area contributed by atoms with E-state index >= 15 is 0 Å². The van der Waals surface area contributed by atoms with Gasteiger partial charge in [-0.15, -0.1) is 0 Å². The van der Waals surface area contributed by atoms with E-state index in [4.69, 9.17) is 5.11 Å². The Morgan fingerprint density at radius 3 is 2.62 bits per heavy atom. The fourth-order valence-corrected chi connectivity index (χ4v) is 1.62. The molecule has 0 aliphatic heterocycles. The van der Waals surface area contributed by atoms with Gasteiger partial charge in [-0.25, -0.2) is 0 Å². The Kier molecular flexibility index (Phi) is 3.00. The highest BCUT2D eigenvalue weighted by molar-refractivity contribution is 5.70. The summed E-state index contributed by atoms with van der Waals surface area (Å²) in [5.41, 5.74) is 1.83. The SMILES string of the molecule is O=C(O)Cc1ccccc1Cn1cccn1. The van der Waals surface area contributed by atoms with Crippen molar-refractivity contribution in [1.82, 2.24) is 9.78 Å². The molecule has 0 saturated carbocycles. The van der Waals surface area contributed by atoms with Crippen molar-refractivity contribution in [2.75, 3.05) is 0 Å². The molecule has 0 aliphatic rings. The summed E-state index contributed by atoms with van der Waals surface area (Å²) in [4.78, 5) is 10.7. The number of aliphatic carboxylic acids is 1. The summed E-state index contributed by atoms with van der Waals surface area (Å²) in [7, 11) is 0. The highest BCUT2D eigenvalue weighted by Gasteiger charge is 2.06. The molecule has 1 aromatic carbocycles. The van der Waals surface area contributed by atoms with Crippen LogP contribution >= 0.6 is 0 Å². The van der Waals surface area contributed by atoms with E-state index < -0.39 is 5.97 Å². The van der Waals surface area contributed by atoms with Crippen LogP contribution in [0.25, 0.3) is 0 Å². The van der Waals surface area contributed by atoms with E-state index in [1.54, 1.807) is 10.9 Å². The number of carboxylic acid groups (broad SMARTS) is 1. The lowest BCUT2D eigenvalue weighted by atomic mass is 10.0. The third kappa shape index (κ3) is 2.48. The van der Waals surface area contributed by atoms with Gasteiger partial charge in [-0.3, -0.25) is 9.48 Å². The van der Waals surface area contributed by atoms with E-state index in [0.29, 0.717) is 6.54 Å². The molecule has 2 rings (SSSR count). The zero-order chi connectivity index (χ0) is 11.4. The second-order valence-electron chi connectivity index (χ2n) is 3.54. The Balaban J connectivity index is 2.22. The molecule has 4 nitrogen and oxygen atoms in total. The van der Waals surface area contributed by atoms with Gasteiger partial charge in [-0.1, -0.05) is 24.3 Å². The van der Waals surface area contributed by atoms with E-state index in [1.165, 1.54) is 0 Å². The molecular weight excluding hydrogens is 204 g/mol. The summed E-state index contributed by atoms with van der Waals surface area (Å²) in [6.07, 6.45) is 3.62. The first-order valence-corrected chi connectivity index (χ1v) is 5.02. The van der Waals surface area contributed by atoms with Crippen molar-refractivity contribution in [2.45, 2.75) is 13.0 Å². The molecule has 0 bridgehead atoms. The first-order valence-electron chi connectivity index (χ1n) is 5.02. The Bertz CT molecular complexity index is 478. The Labute approximate surface area is 93.1 Å². The fraction of sp³-hybridized carbons (Fsp3) is 0.167. The molecular formula is C12H12N2O2. The average Bonchev–Trinajstić information content (AvgIpc) is 2.73. The smallest absolute Gasteiger partial charge is 0.307 e. The number of rotatable bonds is 4. The second kappa shape index (κ2) is 4.61. The third-order valence-corrected chi connectivity index (χ3v) is 2.35. The van der Waals surface area contributed by atoms with Crippen LogP contribution in [0.15, 0.2) is 42.7 Å². The molecule has 82 valence electrons. The molecule has 0 spiro atoms. The van der Waals surface area contributed by atoms with E-state index in [1.807, 2.05) is 36.5 Å². The monoisotopic (exact) mass is 216 g/mol. The van der Waals surface area contributed by atoms with Crippen molar-refractivity contribution < 1.29 is 9.90 Å².